The lowest BCUT2D eigenvalue weighted by atomic mass is 9.98. The van der Waals surface area contributed by atoms with Gasteiger partial charge in [0.05, 0.1) is 29.3 Å². The molecule has 0 unspecified atom stereocenters. The van der Waals surface area contributed by atoms with Crippen LogP contribution in [0.25, 0.3) is 0 Å². The van der Waals surface area contributed by atoms with Crippen LogP contribution in [0.1, 0.15) is 73.5 Å². The number of nitrogens with one attached hydrogen (secondary N) is 1. The monoisotopic (exact) mass is 444 g/mol. The van der Waals surface area contributed by atoms with Crippen molar-refractivity contribution in [2.24, 2.45) is 0 Å². The molecule has 8 heteroatoms. The summed E-state index contributed by atoms with van der Waals surface area (Å²) in [5, 5.41) is 17.0. The highest BCUT2D eigenvalue weighted by Crippen LogP contribution is 2.32. The van der Waals surface area contributed by atoms with Crippen molar-refractivity contribution < 1.29 is 0 Å². The van der Waals surface area contributed by atoms with Gasteiger partial charge >= 0.3 is 0 Å². The number of hydrogen-bond acceptors (Lipinski definition) is 7. The summed E-state index contributed by atoms with van der Waals surface area (Å²) < 4.78 is 2.09. The molecule has 33 heavy (non-hydrogen) atoms. The predicted octanol–water partition coefficient (Wildman–Crippen LogP) is 4.83. The Kier molecular flexibility index (Phi) is 7.30. The van der Waals surface area contributed by atoms with Crippen LogP contribution in [0.4, 0.5) is 11.5 Å². The molecule has 4 rings (SSSR count). The Morgan fingerprint density at radius 1 is 1.21 bits per heavy atom. The summed E-state index contributed by atoms with van der Waals surface area (Å²) in [4.78, 5) is 16.1. The van der Waals surface area contributed by atoms with Crippen LogP contribution in [0.3, 0.4) is 0 Å². The number of unbranched alkanes of at least 4 members (excludes halogenated alkanes) is 1. The van der Waals surface area contributed by atoms with Crippen LogP contribution in [-0.4, -0.2) is 36.2 Å². The van der Waals surface area contributed by atoms with Crippen molar-refractivity contribution in [2.75, 3.05) is 11.9 Å². The molecule has 1 saturated heterocycles. The summed E-state index contributed by atoms with van der Waals surface area (Å²) in [7, 11) is 0. The first kappa shape index (κ1) is 22.9. The third-order valence-electron chi connectivity index (χ3n) is 6.13. The summed E-state index contributed by atoms with van der Waals surface area (Å²) in [6.07, 6.45) is 9.67. The number of nitrogens with zero attached hydrogens (tertiary/aromatic N) is 7. The van der Waals surface area contributed by atoms with E-state index < -0.39 is 0 Å². The van der Waals surface area contributed by atoms with Gasteiger partial charge in [-0.3, -0.25) is 9.58 Å². The molecule has 0 aromatic carbocycles. The lowest BCUT2D eigenvalue weighted by Gasteiger charge is -2.35. The van der Waals surface area contributed by atoms with E-state index in [4.69, 9.17) is 15.3 Å². The molecule has 3 aromatic heterocycles. The number of likely N-dealkylation sites (tertiary alicyclic amines) is 1. The molecule has 1 aliphatic rings. The van der Waals surface area contributed by atoms with Gasteiger partial charge in [0, 0.05) is 30.9 Å². The maximum atomic E-state index is 8.96. The maximum Gasteiger partial charge on any atom is 0.140 e. The van der Waals surface area contributed by atoms with Gasteiger partial charge in [0.15, 0.2) is 0 Å². The molecule has 0 amide bonds. The fourth-order valence-electron chi connectivity index (χ4n) is 4.39. The van der Waals surface area contributed by atoms with E-state index in [2.05, 4.69) is 44.9 Å². The lowest BCUT2D eigenvalue weighted by molar-refractivity contribution is 0.137. The van der Waals surface area contributed by atoms with Crippen LogP contribution in [0.2, 0.25) is 0 Å². The van der Waals surface area contributed by atoms with Crippen molar-refractivity contribution in [2.45, 2.75) is 72.0 Å². The van der Waals surface area contributed by atoms with Gasteiger partial charge in [0.2, 0.25) is 0 Å². The number of piperidine rings is 1. The molecule has 3 aromatic rings. The average molecular weight is 445 g/mol. The number of anilines is 2. The zero-order chi connectivity index (χ0) is 23.2. The van der Waals surface area contributed by atoms with E-state index in [9.17, 15) is 0 Å². The molecule has 1 atom stereocenters. The minimum absolute atomic E-state index is 0.249. The Balaban J connectivity index is 1.53. The molecule has 1 aliphatic heterocycles. The molecule has 172 valence electrons. The summed E-state index contributed by atoms with van der Waals surface area (Å²) in [6, 6.07) is 7.88. The fraction of sp³-hybridized carbons (Fsp3) is 0.480. The average Bonchev–Trinajstić information content (AvgIpc) is 3.17. The van der Waals surface area contributed by atoms with E-state index in [-0.39, 0.29) is 6.04 Å². The van der Waals surface area contributed by atoms with E-state index in [0.717, 1.165) is 61.2 Å². The van der Waals surface area contributed by atoms with Gasteiger partial charge in [-0.25, -0.2) is 15.0 Å². The molecule has 1 fully saturated rings. The predicted molar refractivity (Wildman–Crippen MR) is 128 cm³/mol. The minimum Gasteiger partial charge on any atom is -0.339 e. The zero-order valence-corrected chi connectivity index (χ0v) is 19.8. The highest BCUT2D eigenvalue weighted by Gasteiger charge is 2.27. The van der Waals surface area contributed by atoms with E-state index in [1.54, 1.807) is 12.3 Å². The molecular formula is C25H32N8. The van der Waals surface area contributed by atoms with Gasteiger partial charge in [-0.1, -0.05) is 19.8 Å². The summed E-state index contributed by atoms with van der Waals surface area (Å²) in [6.45, 7) is 9.16. The minimum atomic E-state index is 0.249. The first-order chi connectivity index (χ1) is 16.1. The molecule has 0 aliphatic carbocycles. The van der Waals surface area contributed by atoms with E-state index in [1.807, 2.05) is 25.1 Å². The first-order valence-electron chi connectivity index (χ1n) is 11.8. The second kappa shape index (κ2) is 10.5. The van der Waals surface area contributed by atoms with Crippen LogP contribution < -0.4 is 5.32 Å². The smallest absolute Gasteiger partial charge is 0.140 e. The summed E-state index contributed by atoms with van der Waals surface area (Å²) in [5.41, 5.74) is 4.65. The Bertz CT molecular complexity index is 1110. The standard InChI is InChI=1S/C25H32N8/c1-4-5-12-33-17-20(18(2)31-33)16-32-11-7-6-8-24(32)23-13-25(29-19(3)28-23)30-22-10-9-21(14-26)27-15-22/h9-10,13,15,17,24H,4-8,11-12,16H2,1-3H3,(H,28,29,30)/t24-/m0/s1. The number of pyridine rings is 1. The number of rotatable bonds is 8. The Morgan fingerprint density at radius 2 is 2.09 bits per heavy atom. The molecule has 0 spiro atoms. The van der Waals surface area contributed by atoms with Crippen molar-refractivity contribution in [1.82, 2.24) is 29.6 Å². The third-order valence-corrected chi connectivity index (χ3v) is 6.13. The quantitative estimate of drug-likeness (QED) is 0.532. The van der Waals surface area contributed by atoms with Crippen molar-refractivity contribution in [3.05, 3.63) is 59.1 Å². The van der Waals surface area contributed by atoms with Crippen LogP contribution in [-0.2, 0) is 13.1 Å². The van der Waals surface area contributed by atoms with E-state index in [1.165, 1.54) is 24.8 Å². The maximum absolute atomic E-state index is 8.96. The Labute approximate surface area is 195 Å². The fourth-order valence-corrected chi connectivity index (χ4v) is 4.39. The lowest BCUT2D eigenvalue weighted by Crippen LogP contribution is -2.33. The molecule has 0 saturated carbocycles. The topological polar surface area (TPSA) is 95.5 Å². The number of nitriles is 1. The molecule has 0 radical (unpaired) electrons. The highest BCUT2D eigenvalue weighted by atomic mass is 15.3. The first-order valence-corrected chi connectivity index (χ1v) is 11.8. The van der Waals surface area contributed by atoms with Crippen LogP contribution in [0.5, 0.6) is 0 Å². The second-order valence-electron chi connectivity index (χ2n) is 8.73. The SMILES string of the molecule is CCCCn1cc(CN2CCCC[C@H]2c2cc(Nc3ccc(C#N)nc3)nc(C)n2)c(C)n1. The molecule has 8 nitrogen and oxygen atoms in total. The highest BCUT2D eigenvalue weighted by molar-refractivity contribution is 5.55. The number of hydrogen-bond donors (Lipinski definition) is 1. The van der Waals surface area contributed by atoms with Crippen molar-refractivity contribution in [3.8, 4) is 6.07 Å². The van der Waals surface area contributed by atoms with Gasteiger partial charge in [0.1, 0.15) is 23.4 Å². The molecular weight excluding hydrogens is 412 g/mol. The Hall–Kier alpha value is -3.31. The summed E-state index contributed by atoms with van der Waals surface area (Å²) in [5.74, 6) is 1.49. The molecule has 4 heterocycles. The van der Waals surface area contributed by atoms with Gasteiger partial charge in [-0.2, -0.15) is 10.4 Å². The molecule has 0 bridgehead atoms. The number of aryl methyl sites for hydroxylation is 3. The van der Waals surface area contributed by atoms with E-state index >= 15 is 0 Å². The summed E-state index contributed by atoms with van der Waals surface area (Å²) >= 11 is 0. The molecule has 1 N–H and O–H groups in total. The third kappa shape index (κ3) is 5.74. The van der Waals surface area contributed by atoms with Crippen molar-refractivity contribution in [3.63, 3.8) is 0 Å². The van der Waals surface area contributed by atoms with Gasteiger partial charge in [0.25, 0.3) is 0 Å². The number of aromatic nitrogens is 5. The van der Waals surface area contributed by atoms with Crippen LogP contribution in [0.15, 0.2) is 30.6 Å². The van der Waals surface area contributed by atoms with Crippen molar-refractivity contribution >= 4 is 11.5 Å². The van der Waals surface area contributed by atoms with Gasteiger partial charge in [-0.15, -0.1) is 0 Å². The van der Waals surface area contributed by atoms with E-state index in [0.29, 0.717) is 5.69 Å². The normalized spacial score (nSPS) is 16.5. The van der Waals surface area contributed by atoms with Gasteiger partial charge < -0.3 is 5.32 Å². The largest absolute Gasteiger partial charge is 0.339 e. The van der Waals surface area contributed by atoms with Crippen LogP contribution >= 0.6 is 0 Å². The van der Waals surface area contributed by atoms with Crippen molar-refractivity contribution in [1.29, 1.82) is 5.26 Å². The van der Waals surface area contributed by atoms with Gasteiger partial charge in [-0.05, 0) is 51.8 Å². The zero-order valence-electron chi connectivity index (χ0n) is 19.8. The Morgan fingerprint density at radius 3 is 2.85 bits per heavy atom. The van der Waals surface area contributed by atoms with Crippen LogP contribution in [0, 0.1) is 25.2 Å². The second-order valence-corrected chi connectivity index (χ2v) is 8.73.